The number of benzene rings is 2. The highest BCUT2D eigenvalue weighted by Gasteiger charge is 2.25. The van der Waals surface area contributed by atoms with E-state index in [-0.39, 0.29) is 11.9 Å². The standard InChI is InChI=1S/C19H21NO2/c21-18-13-7-6-12-17(18)20-19(22)16-11-5-4-10-15(16)14-8-2-1-3-9-14/h1-5,8-11,17-18,21H,6-7,12-13H2,(H,20,22). The lowest BCUT2D eigenvalue weighted by atomic mass is 9.92. The molecule has 22 heavy (non-hydrogen) atoms. The molecule has 1 saturated carbocycles. The van der Waals surface area contributed by atoms with Gasteiger partial charge in [0.2, 0.25) is 0 Å². The number of carbonyl (C=O) groups is 1. The molecule has 114 valence electrons. The lowest BCUT2D eigenvalue weighted by Crippen LogP contribution is -2.45. The number of carbonyl (C=O) groups excluding carboxylic acids is 1. The largest absolute Gasteiger partial charge is 0.391 e. The van der Waals surface area contributed by atoms with Crippen molar-refractivity contribution in [1.82, 2.24) is 5.32 Å². The molecule has 2 atom stereocenters. The quantitative estimate of drug-likeness (QED) is 0.912. The third-order valence-electron chi connectivity index (χ3n) is 4.30. The van der Waals surface area contributed by atoms with Crippen molar-refractivity contribution in [3.05, 3.63) is 60.2 Å². The van der Waals surface area contributed by atoms with Crippen LogP contribution in [0, 0.1) is 0 Å². The molecule has 1 amide bonds. The summed E-state index contributed by atoms with van der Waals surface area (Å²) in [5, 5.41) is 13.0. The number of aliphatic hydroxyl groups is 1. The molecule has 3 heteroatoms. The fourth-order valence-electron chi connectivity index (χ4n) is 3.08. The van der Waals surface area contributed by atoms with Gasteiger partial charge in [0.05, 0.1) is 12.1 Å². The summed E-state index contributed by atoms with van der Waals surface area (Å²) in [5.74, 6) is -0.106. The molecule has 0 aliphatic heterocycles. The topological polar surface area (TPSA) is 49.3 Å². The molecule has 1 aliphatic carbocycles. The molecule has 0 radical (unpaired) electrons. The second-order valence-electron chi connectivity index (χ2n) is 5.84. The Morgan fingerprint density at radius 3 is 2.41 bits per heavy atom. The fourth-order valence-corrected chi connectivity index (χ4v) is 3.08. The predicted molar refractivity (Wildman–Crippen MR) is 87.6 cm³/mol. The summed E-state index contributed by atoms with van der Waals surface area (Å²) in [6.07, 6.45) is 3.28. The van der Waals surface area contributed by atoms with Crippen molar-refractivity contribution in [3.8, 4) is 11.1 Å². The van der Waals surface area contributed by atoms with Crippen LogP contribution in [0.3, 0.4) is 0 Å². The molecule has 3 rings (SSSR count). The molecule has 0 spiro atoms. The van der Waals surface area contributed by atoms with Gasteiger partial charge in [0.1, 0.15) is 0 Å². The molecular weight excluding hydrogens is 274 g/mol. The first-order chi connectivity index (χ1) is 10.8. The molecule has 0 saturated heterocycles. The Kier molecular flexibility index (Phi) is 4.54. The third kappa shape index (κ3) is 3.20. The maximum absolute atomic E-state index is 12.6. The van der Waals surface area contributed by atoms with E-state index < -0.39 is 6.10 Å². The van der Waals surface area contributed by atoms with Gasteiger partial charge >= 0.3 is 0 Å². The van der Waals surface area contributed by atoms with Gasteiger partial charge in [-0.3, -0.25) is 4.79 Å². The van der Waals surface area contributed by atoms with Gasteiger partial charge in [-0.2, -0.15) is 0 Å². The van der Waals surface area contributed by atoms with Crippen LogP contribution in [0.2, 0.25) is 0 Å². The summed E-state index contributed by atoms with van der Waals surface area (Å²) in [7, 11) is 0. The van der Waals surface area contributed by atoms with Crippen molar-refractivity contribution >= 4 is 5.91 Å². The Morgan fingerprint density at radius 2 is 1.64 bits per heavy atom. The fraction of sp³-hybridized carbons (Fsp3) is 0.316. The minimum Gasteiger partial charge on any atom is -0.391 e. The molecule has 1 fully saturated rings. The normalized spacial score (nSPS) is 21.3. The zero-order valence-corrected chi connectivity index (χ0v) is 12.5. The van der Waals surface area contributed by atoms with Gasteiger partial charge in [0.25, 0.3) is 5.91 Å². The molecule has 0 bridgehead atoms. The van der Waals surface area contributed by atoms with Gasteiger partial charge in [-0.1, -0.05) is 61.4 Å². The van der Waals surface area contributed by atoms with Crippen molar-refractivity contribution in [2.45, 2.75) is 37.8 Å². The average Bonchev–Trinajstić information content (AvgIpc) is 2.58. The first-order valence-corrected chi connectivity index (χ1v) is 7.89. The molecule has 1 aliphatic rings. The lowest BCUT2D eigenvalue weighted by molar-refractivity contribution is 0.0718. The summed E-state index contributed by atoms with van der Waals surface area (Å²) in [4.78, 5) is 12.6. The van der Waals surface area contributed by atoms with Crippen LogP contribution in [-0.2, 0) is 0 Å². The number of nitrogens with one attached hydrogen (secondary N) is 1. The number of rotatable bonds is 3. The summed E-state index contributed by atoms with van der Waals surface area (Å²) in [5.41, 5.74) is 2.61. The molecule has 2 N–H and O–H groups in total. The Labute approximate surface area is 131 Å². The van der Waals surface area contributed by atoms with Crippen LogP contribution >= 0.6 is 0 Å². The molecule has 0 aromatic heterocycles. The number of hydrogen-bond donors (Lipinski definition) is 2. The van der Waals surface area contributed by atoms with Gasteiger partial charge in [0, 0.05) is 5.56 Å². The van der Waals surface area contributed by atoms with Gasteiger partial charge in [-0.05, 0) is 30.0 Å². The van der Waals surface area contributed by atoms with E-state index in [0.29, 0.717) is 5.56 Å². The van der Waals surface area contributed by atoms with Crippen LogP contribution in [0.4, 0.5) is 0 Å². The van der Waals surface area contributed by atoms with Crippen LogP contribution in [0.5, 0.6) is 0 Å². The number of amides is 1. The smallest absolute Gasteiger partial charge is 0.252 e. The Balaban J connectivity index is 1.84. The lowest BCUT2D eigenvalue weighted by Gasteiger charge is -2.28. The van der Waals surface area contributed by atoms with E-state index >= 15 is 0 Å². The molecule has 3 nitrogen and oxygen atoms in total. The Morgan fingerprint density at radius 1 is 0.955 bits per heavy atom. The van der Waals surface area contributed by atoms with Crippen molar-refractivity contribution in [1.29, 1.82) is 0 Å². The van der Waals surface area contributed by atoms with Crippen LogP contribution in [0.1, 0.15) is 36.0 Å². The minimum atomic E-state index is -0.429. The van der Waals surface area contributed by atoms with Gasteiger partial charge in [-0.25, -0.2) is 0 Å². The summed E-state index contributed by atoms with van der Waals surface area (Å²) < 4.78 is 0. The van der Waals surface area contributed by atoms with E-state index in [9.17, 15) is 9.90 Å². The van der Waals surface area contributed by atoms with E-state index in [0.717, 1.165) is 36.8 Å². The maximum Gasteiger partial charge on any atom is 0.252 e. The van der Waals surface area contributed by atoms with Crippen molar-refractivity contribution < 1.29 is 9.90 Å². The molecule has 2 aromatic rings. The minimum absolute atomic E-state index is 0.106. The van der Waals surface area contributed by atoms with Crippen LogP contribution in [0.15, 0.2) is 54.6 Å². The van der Waals surface area contributed by atoms with Crippen LogP contribution in [-0.4, -0.2) is 23.2 Å². The Hall–Kier alpha value is -2.13. The third-order valence-corrected chi connectivity index (χ3v) is 4.30. The summed E-state index contributed by atoms with van der Waals surface area (Å²) in [6.45, 7) is 0. The molecule has 0 heterocycles. The van der Waals surface area contributed by atoms with Crippen molar-refractivity contribution in [3.63, 3.8) is 0 Å². The second-order valence-corrected chi connectivity index (χ2v) is 5.84. The summed E-state index contributed by atoms with van der Waals surface area (Å²) in [6, 6.07) is 17.4. The predicted octanol–water partition coefficient (Wildman–Crippen LogP) is 3.39. The zero-order valence-electron chi connectivity index (χ0n) is 12.5. The van der Waals surface area contributed by atoms with Gasteiger partial charge in [-0.15, -0.1) is 0 Å². The Bertz CT molecular complexity index is 639. The van der Waals surface area contributed by atoms with E-state index in [1.807, 2.05) is 54.6 Å². The van der Waals surface area contributed by atoms with E-state index in [2.05, 4.69) is 5.32 Å². The van der Waals surface area contributed by atoms with Crippen LogP contribution in [0.25, 0.3) is 11.1 Å². The monoisotopic (exact) mass is 295 g/mol. The number of hydrogen-bond acceptors (Lipinski definition) is 2. The highest BCUT2D eigenvalue weighted by atomic mass is 16.3. The van der Waals surface area contributed by atoms with Gasteiger partial charge < -0.3 is 10.4 Å². The zero-order chi connectivity index (χ0) is 15.4. The van der Waals surface area contributed by atoms with E-state index in [1.165, 1.54) is 0 Å². The first kappa shape index (κ1) is 14.8. The molecule has 2 aromatic carbocycles. The second kappa shape index (κ2) is 6.75. The van der Waals surface area contributed by atoms with Gasteiger partial charge in [0.15, 0.2) is 0 Å². The SMILES string of the molecule is O=C(NC1CCCCC1O)c1ccccc1-c1ccccc1. The maximum atomic E-state index is 12.6. The highest BCUT2D eigenvalue weighted by molar-refractivity contribution is 6.01. The first-order valence-electron chi connectivity index (χ1n) is 7.89. The summed E-state index contributed by atoms with van der Waals surface area (Å²) >= 11 is 0. The highest BCUT2D eigenvalue weighted by Crippen LogP contribution is 2.24. The van der Waals surface area contributed by atoms with Crippen molar-refractivity contribution in [2.24, 2.45) is 0 Å². The molecular formula is C19H21NO2. The van der Waals surface area contributed by atoms with Crippen molar-refractivity contribution in [2.75, 3.05) is 0 Å². The van der Waals surface area contributed by atoms with Crippen LogP contribution < -0.4 is 5.32 Å². The number of aliphatic hydroxyl groups excluding tert-OH is 1. The average molecular weight is 295 g/mol. The van der Waals surface area contributed by atoms with E-state index in [1.54, 1.807) is 0 Å². The van der Waals surface area contributed by atoms with E-state index in [4.69, 9.17) is 0 Å². The molecule has 2 unspecified atom stereocenters.